The van der Waals surface area contributed by atoms with E-state index >= 15 is 0 Å². The molecule has 1 N–H and O–H groups in total. The Balaban J connectivity index is 2.25. The van der Waals surface area contributed by atoms with Crippen LogP contribution in [-0.2, 0) is 13.0 Å². The van der Waals surface area contributed by atoms with Gasteiger partial charge in [-0.3, -0.25) is 0 Å². The molecule has 1 aromatic heterocycles. The first kappa shape index (κ1) is 16.2. The minimum absolute atomic E-state index is 0.610. The van der Waals surface area contributed by atoms with Crippen LogP contribution in [0.25, 0.3) is 0 Å². The Hall–Kier alpha value is -1.16. The van der Waals surface area contributed by atoms with E-state index in [0.29, 0.717) is 16.5 Å². The monoisotopic (exact) mass is 323 g/mol. The summed E-state index contributed by atoms with van der Waals surface area (Å²) in [6.07, 6.45) is 0.610. The Morgan fingerprint density at radius 1 is 1.10 bits per heavy atom. The average Bonchev–Trinajstić information content (AvgIpc) is 2.41. The number of hydrogen-bond donors (Lipinski definition) is 1. The molecule has 2 rings (SSSR count). The summed E-state index contributed by atoms with van der Waals surface area (Å²) in [4.78, 5) is 9.21. The molecule has 112 valence electrons. The molecule has 0 bridgehead atoms. The second-order valence-electron chi connectivity index (χ2n) is 4.98. The van der Waals surface area contributed by atoms with Crippen molar-refractivity contribution in [1.29, 1.82) is 0 Å². The van der Waals surface area contributed by atoms with E-state index in [9.17, 15) is 0 Å². The molecule has 5 heteroatoms. The van der Waals surface area contributed by atoms with Crippen LogP contribution in [0.5, 0.6) is 0 Å². The number of hydrogen-bond acceptors (Lipinski definition) is 3. The lowest BCUT2D eigenvalue weighted by Crippen LogP contribution is -2.16. The number of aryl methyl sites for hydroxylation is 2. The first-order chi connectivity index (χ1) is 10.0. The highest BCUT2D eigenvalue weighted by Crippen LogP contribution is 2.23. The zero-order valence-electron chi connectivity index (χ0n) is 12.5. The number of halogens is 2. The van der Waals surface area contributed by atoms with Gasteiger partial charge < -0.3 is 5.32 Å². The fourth-order valence-corrected chi connectivity index (χ4v) is 2.70. The zero-order chi connectivity index (χ0) is 15.4. The highest BCUT2D eigenvalue weighted by atomic mass is 35.5. The molecule has 1 heterocycles. The maximum Gasteiger partial charge on any atom is 0.133 e. The van der Waals surface area contributed by atoms with Crippen molar-refractivity contribution in [3.05, 3.63) is 56.6 Å². The van der Waals surface area contributed by atoms with Gasteiger partial charge >= 0.3 is 0 Å². The third-order valence-electron chi connectivity index (χ3n) is 3.38. The standard InChI is InChI=1S/C16H19Cl2N3/c1-4-19-9-14-10(2)20-16(21-11(14)3)7-12-5-6-13(17)8-15(12)18/h5-6,8,19H,4,7,9H2,1-3H3. The predicted octanol–water partition coefficient (Wildman–Crippen LogP) is 4.10. The van der Waals surface area contributed by atoms with Gasteiger partial charge in [-0.2, -0.15) is 0 Å². The van der Waals surface area contributed by atoms with Crippen molar-refractivity contribution < 1.29 is 0 Å². The first-order valence-electron chi connectivity index (χ1n) is 6.99. The van der Waals surface area contributed by atoms with Gasteiger partial charge in [0, 0.05) is 40.0 Å². The van der Waals surface area contributed by atoms with Gasteiger partial charge in [0.15, 0.2) is 0 Å². The van der Waals surface area contributed by atoms with Crippen molar-refractivity contribution in [1.82, 2.24) is 15.3 Å². The topological polar surface area (TPSA) is 37.8 Å². The maximum absolute atomic E-state index is 6.21. The molecule has 0 radical (unpaired) electrons. The molecule has 0 amide bonds. The van der Waals surface area contributed by atoms with Gasteiger partial charge in [-0.1, -0.05) is 36.2 Å². The van der Waals surface area contributed by atoms with E-state index in [2.05, 4.69) is 22.2 Å². The van der Waals surface area contributed by atoms with Crippen LogP contribution in [0.2, 0.25) is 10.0 Å². The molecule has 2 aromatic rings. The number of benzene rings is 1. The minimum Gasteiger partial charge on any atom is -0.313 e. The third-order valence-corrected chi connectivity index (χ3v) is 3.97. The first-order valence-corrected chi connectivity index (χ1v) is 7.74. The van der Waals surface area contributed by atoms with E-state index in [1.54, 1.807) is 6.07 Å². The van der Waals surface area contributed by atoms with Crippen LogP contribution in [-0.4, -0.2) is 16.5 Å². The quantitative estimate of drug-likeness (QED) is 0.900. The van der Waals surface area contributed by atoms with E-state index in [-0.39, 0.29) is 0 Å². The van der Waals surface area contributed by atoms with E-state index in [4.69, 9.17) is 23.2 Å². The van der Waals surface area contributed by atoms with Crippen molar-refractivity contribution in [2.24, 2.45) is 0 Å². The van der Waals surface area contributed by atoms with Gasteiger partial charge in [0.05, 0.1) is 0 Å². The Labute approximate surface area is 135 Å². The van der Waals surface area contributed by atoms with Crippen LogP contribution in [0.3, 0.4) is 0 Å². The van der Waals surface area contributed by atoms with Crippen molar-refractivity contribution in [2.75, 3.05) is 6.54 Å². The fraction of sp³-hybridized carbons (Fsp3) is 0.375. The molecular formula is C16H19Cl2N3. The van der Waals surface area contributed by atoms with Gasteiger partial charge in [-0.25, -0.2) is 9.97 Å². The number of rotatable bonds is 5. The van der Waals surface area contributed by atoms with Crippen molar-refractivity contribution in [3.63, 3.8) is 0 Å². The second kappa shape index (κ2) is 7.21. The summed E-state index contributed by atoms with van der Waals surface area (Å²) in [7, 11) is 0. The lowest BCUT2D eigenvalue weighted by atomic mass is 10.1. The molecule has 0 aliphatic heterocycles. The lowest BCUT2D eigenvalue weighted by molar-refractivity contribution is 0.706. The summed E-state index contributed by atoms with van der Waals surface area (Å²) < 4.78 is 0. The van der Waals surface area contributed by atoms with Gasteiger partial charge in [0.1, 0.15) is 5.82 Å². The molecule has 0 fully saturated rings. The van der Waals surface area contributed by atoms with Crippen LogP contribution in [0.1, 0.15) is 35.3 Å². The number of aromatic nitrogens is 2. The van der Waals surface area contributed by atoms with Crippen molar-refractivity contribution in [2.45, 2.75) is 33.7 Å². The van der Waals surface area contributed by atoms with Crippen molar-refractivity contribution in [3.8, 4) is 0 Å². The van der Waals surface area contributed by atoms with Crippen LogP contribution < -0.4 is 5.32 Å². The second-order valence-corrected chi connectivity index (χ2v) is 5.83. The highest BCUT2D eigenvalue weighted by molar-refractivity contribution is 6.35. The molecular weight excluding hydrogens is 305 g/mol. The van der Waals surface area contributed by atoms with Crippen molar-refractivity contribution >= 4 is 23.2 Å². The Bertz CT molecular complexity index is 618. The van der Waals surface area contributed by atoms with Crippen LogP contribution in [0.15, 0.2) is 18.2 Å². The summed E-state index contributed by atoms with van der Waals surface area (Å²) >= 11 is 12.1. The Kier molecular flexibility index (Phi) is 5.57. The van der Waals surface area contributed by atoms with Gasteiger partial charge in [0.2, 0.25) is 0 Å². The smallest absolute Gasteiger partial charge is 0.133 e. The van der Waals surface area contributed by atoms with Gasteiger partial charge in [-0.05, 0) is 38.1 Å². The molecule has 0 atom stereocenters. The summed E-state index contributed by atoms with van der Waals surface area (Å²) in [6, 6.07) is 5.50. The van der Waals surface area contributed by atoms with Crippen LogP contribution in [0.4, 0.5) is 0 Å². The molecule has 0 saturated carbocycles. The average molecular weight is 324 g/mol. The molecule has 0 aliphatic carbocycles. The van der Waals surface area contributed by atoms with E-state index in [1.165, 1.54) is 5.56 Å². The molecule has 0 unspecified atom stereocenters. The van der Waals surface area contributed by atoms with E-state index < -0.39 is 0 Å². The lowest BCUT2D eigenvalue weighted by Gasteiger charge is -2.12. The molecule has 0 aliphatic rings. The highest BCUT2D eigenvalue weighted by Gasteiger charge is 2.10. The normalized spacial score (nSPS) is 10.9. The molecule has 0 spiro atoms. The summed E-state index contributed by atoms with van der Waals surface area (Å²) in [5, 5.41) is 4.60. The maximum atomic E-state index is 6.21. The van der Waals surface area contributed by atoms with E-state index in [1.807, 2.05) is 26.0 Å². The van der Waals surface area contributed by atoms with Gasteiger partial charge in [0.25, 0.3) is 0 Å². The number of nitrogens with zero attached hydrogens (tertiary/aromatic N) is 2. The number of nitrogens with one attached hydrogen (secondary N) is 1. The third kappa shape index (κ3) is 4.16. The molecule has 0 saturated heterocycles. The Morgan fingerprint density at radius 3 is 2.33 bits per heavy atom. The molecule has 3 nitrogen and oxygen atoms in total. The Morgan fingerprint density at radius 2 is 1.76 bits per heavy atom. The van der Waals surface area contributed by atoms with Crippen LogP contribution >= 0.6 is 23.2 Å². The largest absolute Gasteiger partial charge is 0.313 e. The summed E-state index contributed by atoms with van der Waals surface area (Å²) in [6.45, 7) is 7.86. The molecule has 21 heavy (non-hydrogen) atoms. The predicted molar refractivity (Wildman–Crippen MR) is 88.2 cm³/mol. The minimum atomic E-state index is 0.610. The summed E-state index contributed by atoms with van der Waals surface area (Å²) in [5.41, 5.74) is 4.19. The zero-order valence-corrected chi connectivity index (χ0v) is 14.0. The molecule has 1 aromatic carbocycles. The van der Waals surface area contributed by atoms with Gasteiger partial charge in [-0.15, -0.1) is 0 Å². The van der Waals surface area contributed by atoms with E-state index in [0.717, 1.165) is 35.9 Å². The SMILES string of the molecule is CCNCc1c(C)nc(Cc2ccc(Cl)cc2Cl)nc1C. The van der Waals surface area contributed by atoms with Crippen LogP contribution in [0, 0.1) is 13.8 Å². The summed E-state index contributed by atoms with van der Waals surface area (Å²) in [5.74, 6) is 0.787. The fourth-order valence-electron chi connectivity index (χ4n) is 2.23.